The summed E-state index contributed by atoms with van der Waals surface area (Å²) in [4.78, 5) is 13.1. The van der Waals surface area contributed by atoms with Crippen LogP contribution in [0.5, 0.6) is 0 Å². The van der Waals surface area contributed by atoms with Gasteiger partial charge in [0, 0.05) is 18.8 Å². The summed E-state index contributed by atoms with van der Waals surface area (Å²) in [6, 6.07) is 6.74. The van der Waals surface area contributed by atoms with Crippen LogP contribution in [-0.2, 0) is 10.0 Å². The van der Waals surface area contributed by atoms with Crippen molar-refractivity contribution in [1.29, 1.82) is 0 Å². The molecule has 0 fully saturated rings. The quantitative estimate of drug-likeness (QED) is 0.849. The van der Waals surface area contributed by atoms with Crippen molar-refractivity contribution in [2.75, 3.05) is 18.4 Å². The van der Waals surface area contributed by atoms with Crippen molar-refractivity contribution in [3.63, 3.8) is 0 Å². The average Bonchev–Trinajstić information content (AvgIpc) is 3.06. The molecule has 24 heavy (non-hydrogen) atoms. The molecule has 1 N–H and O–H groups in total. The van der Waals surface area contributed by atoms with Gasteiger partial charge >= 0.3 is 0 Å². The van der Waals surface area contributed by atoms with Gasteiger partial charge in [-0.25, -0.2) is 8.42 Å². The van der Waals surface area contributed by atoms with Crippen LogP contribution in [0.25, 0.3) is 0 Å². The van der Waals surface area contributed by atoms with Gasteiger partial charge in [0.1, 0.15) is 0 Å². The Hall–Kier alpha value is -1.70. The van der Waals surface area contributed by atoms with Gasteiger partial charge in [0.2, 0.25) is 10.0 Å². The molecule has 0 saturated heterocycles. The first kappa shape index (κ1) is 18.6. The van der Waals surface area contributed by atoms with E-state index >= 15 is 0 Å². The van der Waals surface area contributed by atoms with Crippen LogP contribution < -0.4 is 5.32 Å². The Bertz CT molecular complexity index is 824. The van der Waals surface area contributed by atoms with Crippen LogP contribution in [-0.4, -0.2) is 31.7 Å². The fourth-order valence-corrected chi connectivity index (χ4v) is 4.60. The van der Waals surface area contributed by atoms with Crippen molar-refractivity contribution in [3.8, 4) is 0 Å². The van der Waals surface area contributed by atoms with Crippen LogP contribution in [0.1, 0.15) is 34.6 Å². The molecule has 0 radical (unpaired) electrons. The Morgan fingerprint density at radius 3 is 2.42 bits per heavy atom. The number of anilines is 1. The van der Waals surface area contributed by atoms with Crippen LogP contribution in [0.3, 0.4) is 0 Å². The van der Waals surface area contributed by atoms with Gasteiger partial charge in [-0.05, 0) is 48.6 Å². The van der Waals surface area contributed by atoms with Crippen molar-refractivity contribution in [1.82, 2.24) is 4.31 Å². The molecule has 2 aromatic rings. The van der Waals surface area contributed by atoms with E-state index in [0.29, 0.717) is 23.7 Å². The monoisotopic (exact) mass is 366 g/mol. The molecule has 130 valence electrons. The van der Waals surface area contributed by atoms with E-state index in [9.17, 15) is 13.2 Å². The molecule has 0 unspecified atom stereocenters. The third-order valence-corrected chi connectivity index (χ3v) is 6.87. The van der Waals surface area contributed by atoms with Gasteiger partial charge in [0.05, 0.1) is 9.77 Å². The maximum atomic E-state index is 12.7. The summed E-state index contributed by atoms with van der Waals surface area (Å²) in [6.07, 6.45) is 0. The summed E-state index contributed by atoms with van der Waals surface area (Å²) in [6.45, 7) is 8.14. The smallest absolute Gasteiger partial charge is 0.265 e. The molecule has 5 nitrogen and oxygen atoms in total. The highest BCUT2D eigenvalue weighted by molar-refractivity contribution is 7.89. The minimum Gasteiger partial charge on any atom is -0.321 e. The highest BCUT2D eigenvalue weighted by Gasteiger charge is 2.23. The highest BCUT2D eigenvalue weighted by atomic mass is 32.2. The number of benzene rings is 1. The van der Waals surface area contributed by atoms with Crippen LogP contribution in [0.15, 0.2) is 34.5 Å². The largest absolute Gasteiger partial charge is 0.321 e. The summed E-state index contributed by atoms with van der Waals surface area (Å²) in [5.74, 6) is -0.232. The van der Waals surface area contributed by atoms with Crippen LogP contribution in [0.2, 0.25) is 0 Å². The second kappa shape index (κ2) is 7.46. The van der Waals surface area contributed by atoms with E-state index in [0.717, 1.165) is 11.1 Å². The Morgan fingerprint density at radius 2 is 1.88 bits per heavy atom. The lowest BCUT2D eigenvalue weighted by molar-refractivity contribution is 0.103. The SMILES string of the molecule is CCN(CC)S(=O)(=O)c1cc(C)c(C)c(NC(=O)c2cccs2)c1. The number of sulfonamides is 1. The third-order valence-electron chi connectivity index (χ3n) is 3.98. The van der Waals surface area contributed by atoms with Gasteiger partial charge in [0.25, 0.3) is 5.91 Å². The molecule has 2 rings (SSSR count). The van der Waals surface area contributed by atoms with E-state index < -0.39 is 10.0 Å². The zero-order valence-corrected chi connectivity index (χ0v) is 15.9. The number of carbonyl (C=O) groups excluding carboxylic acids is 1. The summed E-state index contributed by atoms with van der Waals surface area (Å²) < 4.78 is 26.9. The molecule has 0 aliphatic heterocycles. The zero-order chi connectivity index (χ0) is 17.9. The van der Waals surface area contributed by atoms with Crippen molar-refractivity contribution in [2.24, 2.45) is 0 Å². The van der Waals surface area contributed by atoms with Crippen molar-refractivity contribution in [2.45, 2.75) is 32.6 Å². The second-order valence-corrected chi connectivity index (χ2v) is 8.32. The number of aryl methyl sites for hydroxylation is 1. The Morgan fingerprint density at radius 1 is 1.21 bits per heavy atom. The normalized spacial score (nSPS) is 11.7. The number of hydrogen-bond acceptors (Lipinski definition) is 4. The first-order chi connectivity index (χ1) is 11.3. The molecular weight excluding hydrogens is 344 g/mol. The topological polar surface area (TPSA) is 66.5 Å². The number of nitrogens with one attached hydrogen (secondary N) is 1. The third kappa shape index (κ3) is 3.68. The molecule has 0 aliphatic rings. The molecule has 7 heteroatoms. The fraction of sp³-hybridized carbons (Fsp3) is 0.353. The number of nitrogens with zero attached hydrogens (tertiary/aromatic N) is 1. The lowest BCUT2D eigenvalue weighted by Gasteiger charge is -2.20. The minimum absolute atomic E-state index is 0.204. The van der Waals surface area contributed by atoms with Gasteiger partial charge in [-0.3, -0.25) is 4.79 Å². The first-order valence-electron chi connectivity index (χ1n) is 7.77. The van der Waals surface area contributed by atoms with Crippen molar-refractivity contribution in [3.05, 3.63) is 45.6 Å². The number of thiophene rings is 1. The molecule has 1 amide bonds. The maximum Gasteiger partial charge on any atom is 0.265 e. The summed E-state index contributed by atoms with van der Waals surface area (Å²) in [5, 5.41) is 4.66. The molecule has 0 aliphatic carbocycles. The Balaban J connectivity index is 2.44. The van der Waals surface area contributed by atoms with Gasteiger partial charge in [-0.2, -0.15) is 4.31 Å². The summed E-state index contributed by atoms with van der Waals surface area (Å²) in [5.41, 5.74) is 2.21. The fourth-order valence-electron chi connectivity index (χ4n) is 2.41. The van der Waals surface area contributed by atoms with Crippen LogP contribution in [0.4, 0.5) is 5.69 Å². The minimum atomic E-state index is -3.57. The van der Waals surface area contributed by atoms with Crippen molar-refractivity contribution >= 4 is 33.0 Å². The lowest BCUT2D eigenvalue weighted by atomic mass is 10.1. The van der Waals surface area contributed by atoms with E-state index in [1.165, 1.54) is 15.6 Å². The van der Waals surface area contributed by atoms with Crippen molar-refractivity contribution < 1.29 is 13.2 Å². The number of rotatable bonds is 6. The molecule has 1 aromatic heterocycles. The van der Waals surface area contributed by atoms with Gasteiger partial charge in [-0.1, -0.05) is 19.9 Å². The van der Waals surface area contributed by atoms with E-state index in [-0.39, 0.29) is 10.8 Å². The van der Waals surface area contributed by atoms with E-state index in [1.54, 1.807) is 24.3 Å². The number of hydrogen-bond donors (Lipinski definition) is 1. The first-order valence-corrected chi connectivity index (χ1v) is 10.1. The molecule has 0 bridgehead atoms. The van der Waals surface area contributed by atoms with Gasteiger partial charge in [-0.15, -0.1) is 11.3 Å². The van der Waals surface area contributed by atoms with E-state index in [2.05, 4.69) is 5.32 Å². The molecule has 0 atom stereocenters. The predicted octanol–water partition coefficient (Wildman–Crippen LogP) is 3.65. The lowest BCUT2D eigenvalue weighted by Crippen LogP contribution is -2.30. The maximum absolute atomic E-state index is 12.7. The van der Waals surface area contributed by atoms with Crippen LogP contribution in [0, 0.1) is 13.8 Å². The number of amides is 1. The summed E-state index contributed by atoms with van der Waals surface area (Å²) in [7, 11) is -3.57. The molecular formula is C17H22N2O3S2. The zero-order valence-electron chi connectivity index (χ0n) is 14.3. The Kier molecular flexibility index (Phi) is 5.79. The predicted molar refractivity (Wildman–Crippen MR) is 98.3 cm³/mol. The Labute approximate surface area is 147 Å². The van der Waals surface area contributed by atoms with E-state index in [4.69, 9.17) is 0 Å². The van der Waals surface area contributed by atoms with Gasteiger partial charge < -0.3 is 5.32 Å². The molecule has 1 aromatic carbocycles. The number of carbonyl (C=O) groups is 1. The second-order valence-electron chi connectivity index (χ2n) is 5.43. The molecule has 0 saturated carbocycles. The standard InChI is InChI=1S/C17H22N2O3S2/c1-5-19(6-2)24(21,22)14-10-12(3)13(4)15(11-14)18-17(20)16-8-7-9-23-16/h7-11H,5-6H2,1-4H3,(H,18,20). The average molecular weight is 367 g/mol. The molecule has 0 spiro atoms. The van der Waals surface area contributed by atoms with E-state index in [1.807, 2.05) is 33.1 Å². The van der Waals surface area contributed by atoms with Gasteiger partial charge in [0.15, 0.2) is 0 Å². The molecule has 1 heterocycles. The van der Waals surface area contributed by atoms with Crippen LogP contribution >= 0.6 is 11.3 Å². The highest BCUT2D eigenvalue weighted by Crippen LogP contribution is 2.27. The summed E-state index contributed by atoms with van der Waals surface area (Å²) >= 11 is 1.34.